The van der Waals surface area contributed by atoms with Crippen molar-refractivity contribution in [1.29, 1.82) is 0 Å². The normalized spacial score (nSPS) is 32.0. The van der Waals surface area contributed by atoms with Crippen molar-refractivity contribution in [1.82, 2.24) is 9.80 Å². The van der Waals surface area contributed by atoms with E-state index in [9.17, 15) is 9.90 Å². The van der Waals surface area contributed by atoms with Crippen molar-refractivity contribution in [2.24, 2.45) is 11.3 Å². The molecule has 0 aliphatic carbocycles. The Bertz CT molecular complexity index is 571. The highest BCUT2D eigenvalue weighted by Crippen LogP contribution is 2.43. The second kappa shape index (κ2) is 6.75. The summed E-state index contributed by atoms with van der Waals surface area (Å²) >= 11 is 1.52. The van der Waals surface area contributed by atoms with Crippen LogP contribution in [0.2, 0.25) is 0 Å². The first-order chi connectivity index (χ1) is 11.7. The topological polar surface area (TPSA) is 53.0 Å². The molecule has 0 spiro atoms. The molecule has 3 aliphatic heterocycles. The monoisotopic (exact) mass is 350 g/mol. The van der Waals surface area contributed by atoms with Gasteiger partial charge in [-0.3, -0.25) is 9.69 Å². The summed E-state index contributed by atoms with van der Waals surface area (Å²) in [5.41, 5.74) is 0.0438. The maximum absolute atomic E-state index is 12.5. The lowest BCUT2D eigenvalue weighted by molar-refractivity contribution is -0.0419. The van der Waals surface area contributed by atoms with Gasteiger partial charge < -0.3 is 14.7 Å². The lowest BCUT2D eigenvalue weighted by atomic mass is 9.75. The maximum Gasteiger partial charge on any atom is 0.263 e. The standard InChI is InChI=1S/C18H26N2O3S/c21-13-18-5-8-23-11-14(18)10-20(12-18)15-3-6-19(7-4-15)17(22)16-2-1-9-24-16/h1-2,9,14-15,21H,3-8,10-13H2/t14-,18-/m1/s1. The third kappa shape index (κ3) is 2.90. The van der Waals surface area contributed by atoms with Gasteiger partial charge in [-0.25, -0.2) is 0 Å². The molecule has 4 heterocycles. The molecule has 6 heteroatoms. The zero-order chi connectivity index (χ0) is 16.6. The lowest BCUT2D eigenvalue weighted by Gasteiger charge is -2.38. The molecule has 0 unspecified atom stereocenters. The van der Waals surface area contributed by atoms with E-state index in [4.69, 9.17) is 4.74 Å². The summed E-state index contributed by atoms with van der Waals surface area (Å²) in [5, 5.41) is 11.9. The molecule has 0 saturated carbocycles. The Kier molecular flexibility index (Phi) is 4.64. The number of thiophene rings is 1. The summed E-state index contributed by atoms with van der Waals surface area (Å²) < 4.78 is 5.65. The van der Waals surface area contributed by atoms with Crippen LogP contribution in [0.3, 0.4) is 0 Å². The van der Waals surface area contributed by atoms with Crippen LogP contribution >= 0.6 is 11.3 Å². The molecule has 1 amide bonds. The zero-order valence-corrected chi connectivity index (χ0v) is 14.8. The van der Waals surface area contributed by atoms with Gasteiger partial charge in [-0.05, 0) is 30.7 Å². The fraction of sp³-hybridized carbons (Fsp3) is 0.722. The van der Waals surface area contributed by atoms with Gasteiger partial charge in [0, 0.05) is 50.2 Å². The largest absolute Gasteiger partial charge is 0.396 e. The summed E-state index contributed by atoms with van der Waals surface area (Å²) in [7, 11) is 0. The Labute approximate surface area is 147 Å². The number of aliphatic hydroxyl groups excluding tert-OH is 1. The van der Waals surface area contributed by atoms with Gasteiger partial charge in [0.15, 0.2) is 0 Å². The van der Waals surface area contributed by atoms with Gasteiger partial charge >= 0.3 is 0 Å². The number of aliphatic hydroxyl groups is 1. The van der Waals surface area contributed by atoms with E-state index in [2.05, 4.69) is 4.90 Å². The lowest BCUT2D eigenvalue weighted by Crippen LogP contribution is -2.46. The van der Waals surface area contributed by atoms with E-state index in [0.717, 1.165) is 63.5 Å². The molecule has 1 N–H and O–H groups in total. The van der Waals surface area contributed by atoms with Gasteiger partial charge in [0.2, 0.25) is 0 Å². The Morgan fingerprint density at radius 3 is 2.92 bits per heavy atom. The fourth-order valence-corrected chi connectivity index (χ4v) is 5.31. The smallest absolute Gasteiger partial charge is 0.263 e. The van der Waals surface area contributed by atoms with Crippen molar-refractivity contribution in [3.05, 3.63) is 22.4 Å². The van der Waals surface area contributed by atoms with E-state index >= 15 is 0 Å². The third-order valence-corrected chi connectivity index (χ3v) is 7.08. The molecule has 3 saturated heterocycles. The van der Waals surface area contributed by atoms with Crippen LogP contribution in [0.25, 0.3) is 0 Å². The van der Waals surface area contributed by atoms with Crippen molar-refractivity contribution in [3.8, 4) is 0 Å². The molecule has 4 rings (SSSR count). The molecule has 1 aromatic heterocycles. The van der Waals surface area contributed by atoms with E-state index in [1.165, 1.54) is 11.3 Å². The van der Waals surface area contributed by atoms with Crippen molar-refractivity contribution >= 4 is 17.2 Å². The van der Waals surface area contributed by atoms with E-state index in [-0.39, 0.29) is 17.9 Å². The van der Waals surface area contributed by atoms with Crippen LogP contribution in [-0.4, -0.2) is 72.9 Å². The Hall–Kier alpha value is -0.950. The summed E-state index contributed by atoms with van der Waals surface area (Å²) in [6.45, 7) is 5.53. The molecule has 0 bridgehead atoms. The number of hydrogen-bond donors (Lipinski definition) is 1. The van der Waals surface area contributed by atoms with Crippen molar-refractivity contribution in [2.75, 3.05) is 46.0 Å². The van der Waals surface area contributed by atoms with Crippen LogP contribution < -0.4 is 0 Å². The number of carbonyl (C=O) groups excluding carboxylic acids is 1. The number of amides is 1. The first kappa shape index (κ1) is 16.5. The number of ether oxygens (including phenoxy) is 1. The van der Waals surface area contributed by atoms with Crippen LogP contribution in [0, 0.1) is 11.3 Å². The van der Waals surface area contributed by atoms with Gasteiger partial charge in [-0.1, -0.05) is 6.07 Å². The minimum Gasteiger partial charge on any atom is -0.396 e. The summed E-state index contributed by atoms with van der Waals surface area (Å²) in [6, 6.07) is 4.38. The molecular formula is C18H26N2O3S. The van der Waals surface area contributed by atoms with Crippen LogP contribution in [0.1, 0.15) is 28.9 Å². The highest BCUT2D eigenvalue weighted by molar-refractivity contribution is 7.12. The summed E-state index contributed by atoms with van der Waals surface area (Å²) in [4.78, 5) is 17.9. The van der Waals surface area contributed by atoms with E-state index < -0.39 is 0 Å². The van der Waals surface area contributed by atoms with E-state index in [1.807, 2.05) is 22.4 Å². The Morgan fingerprint density at radius 1 is 1.42 bits per heavy atom. The Balaban J connectivity index is 1.36. The number of nitrogens with zero attached hydrogens (tertiary/aromatic N) is 2. The predicted octanol–water partition coefficient (Wildman–Crippen LogP) is 1.68. The Morgan fingerprint density at radius 2 is 2.25 bits per heavy atom. The second-order valence-corrected chi connectivity index (χ2v) is 8.42. The average molecular weight is 350 g/mol. The second-order valence-electron chi connectivity index (χ2n) is 7.47. The first-order valence-corrected chi connectivity index (χ1v) is 9.85. The molecule has 5 nitrogen and oxygen atoms in total. The molecule has 3 aliphatic rings. The maximum atomic E-state index is 12.5. The predicted molar refractivity (Wildman–Crippen MR) is 93.3 cm³/mol. The number of hydrogen-bond acceptors (Lipinski definition) is 5. The van der Waals surface area contributed by atoms with E-state index in [0.29, 0.717) is 12.0 Å². The van der Waals surface area contributed by atoms with Crippen molar-refractivity contribution < 1.29 is 14.6 Å². The van der Waals surface area contributed by atoms with Gasteiger partial charge in [0.05, 0.1) is 18.1 Å². The number of likely N-dealkylation sites (tertiary alicyclic amines) is 2. The van der Waals surface area contributed by atoms with Crippen LogP contribution in [0.15, 0.2) is 17.5 Å². The minimum absolute atomic E-state index is 0.0438. The number of carbonyl (C=O) groups is 1. The van der Waals surface area contributed by atoms with Gasteiger partial charge in [-0.15, -0.1) is 11.3 Å². The molecule has 24 heavy (non-hydrogen) atoms. The van der Waals surface area contributed by atoms with Crippen molar-refractivity contribution in [2.45, 2.75) is 25.3 Å². The third-order valence-electron chi connectivity index (χ3n) is 6.22. The van der Waals surface area contributed by atoms with Gasteiger partial charge in [-0.2, -0.15) is 0 Å². The van der Waals surface area contributed by atoms with E-state index in [1.54, 1.807) is 0 Å². The van der Waals surface area contributed by atoms with Crippen molar-refractivity contribution in [3.63, 3.8) is 0 Å². The number of piperidine rings is 1. The summed E-state index contributed by atoms with van der Waals surface area (Å²) in [5.74, 6) is 0.640. The van der Waals surface area contributed by atoms with Crippen LogP contribution in [-0.2, 0) is 4.74 Å². The molecule has 3 fully saturated rings. The summed E-state index contributed by atoms with van der Waals surface area (Å²) in [6.07, 6.45) is 3.04. The quantitative estimate of drug-likeness (QED) is 0.901. The molecular weight excluding hydrogens is 324 g/mol. The van der Waals surface area contributed by atoms with Gasteiger partial charge in [0.25, 0.3) is 5.91 Å². The van der Waals surface area contributed by atoms with Crippen LogP contribution in [0.5, 0.6) is 0 Å². The number of fused-ring (bicyclic) bond motifs is 1. The molecule has 2 atom stereocenters. The highest BCUT2D eigenvalue weighted by atomic mass is 32.1. The molecule has 0 radical (unpaired) electrons. The fourth-order valence-electron chi connectivity index (χ4n) is 4.62. The number of rotatable bonds is 3. The first-order valence-electron chi connectivity index (χ1n) is 8.97. The molecule has 132 valence electrons. The molecule has 1 aromatic rings. The SMILES string of the molecule is O=C(c1cccs1)N1CCC(N2C[C@@H]3COCC[C@]3(CO)C2)CC1. The van der Waals surface area contributed by atoms with Crippen LogP contribution in [0.4, 0.5) is 0 Å². The minimum atomic E-state index is 0.0438. The van der Waals surface area contributed by atoms with Gasteiger partial charge in [0.1, 0.15) is 0 Å². The highest BCUT2D eigenvalue weighted by Gasteiger charge is 2.49. The average Bonchev–Trinajstić information content (AvgIpc) is 3.29. The molecule has 0 aromatic carbocycles. The zero-order valence-electron chi connectivity index (χ0n) is 14.0.